The molecule has 3 rings (SSSR count). The number of hydrogen-bond acceptors (Lipinski definition) is 3. The van der Waals surface area contributed by atoms with Gasteiger partial charge in [0.05, 0.1) is 7.11 Å². The van der Waals surface area contributed by atoms with Gasteiger partial charge in [0.2, 0.25) is 0 Å². The number of methoxy groups -OCH3 is 1. The Morgan fingerprint density at radius 1 is 1.30 bits per heavy atom. The van der Waals surface area contributed by atoms with Crippen LogP contribution in [0.25, 0.3) is 0 Å². The molecular formula is C16H18BrNOS. The van der Waals surface area contributed by atoms with Crippen LogP contribution in [0.2, 0.25) is 0 Å². The quantitative estimate of drug-likeness (QED) is 0.748. The number of nitrogens with zero attached hydrogens (tertiary/aromatic N) is 1. The molecule has 1 aromatic carbocycles. The van der Waals surface area contributed by atoms with E-state index in [1.807, 2.05) is 12.1 Å². The predicted octanol–water partition coefficient (Wildman–Crippen LogP) is 4.68. The van der Waals surface area contributed by atoms with Gasteiger partial charge < -0.3 is 4.74 Å². The zero-order chi connectivity index (χ0) is 13.9. The monoisotopic (exact) mass is 351 g/mol. The van der Waals surface area contributed by atoms with E-state index < -0.39 is 0 Å². The third kappa shape index (κ3) is 3.43. The predicted molar refractivity (Wildman–Crippen MR) is 87.3 cm³/mol. The van der Waals surface area contributed by atoms with Gasteiger partial charge in [0, 0.05) is 29.2 Å². The molecule has 0 amide bonds. The van der Waals surface area contributed by atoms with E-state index in [1.54, 1.807) is 18.4 Å². The van der Waals surface area contributed by atoms with Gasteiger partial charge in [-0.1, -0.05) is 15.9 Å². The first kappa shape index (κ1) is 14.1. The van der Waals surface area contributed by atoms with Gasteiger partial charge in [-0.15, -0.1) is 0 Å². The highest BCUT2D eigenvalue weighted by molar-refractivity contribution is 9.10. The fraction of sp³-hybridized carbons (Fsp3) is 0.375. The summed E-state index contributed by atoms with van der Waals surface area (Å²) in [6.45, 7) is 1.98. The molecule has 1 aliphatic carbocycles. The lowest BCUT2D eigenvalue weighted by molar-refractivity contribution is 0.242. The van der Waals surface area contributed by atoms with Crippen molar-refractivity contribution in [3.05, 3.63) is 50.6 Å². The molecule has 1 saturated carbocycles. The fourth-order valence-electron chi connectivity index (χ4n) is 2.46. The highest BCUT2D eigenvalue weighted by atomic mass is 79.9. The molecule has 0 atom stereocenters. The zero-order valence-electron chi connectivity index (χ0n) is 11.5. The Morgan fingerprint density at radius 2 is 2.15 bits per heavy atom. The maximum atomic E-state index is 5.49. The van der Waals surface area contributed by atoms with Crippen molar-refractivity contribution in [2.24, 2.45) is 0 Å². The Labute approximate surface area is 132 Å². The number of rotatable bonds is 6. The maximum absolute atomic E-state index is 5.49. The average molecular weight is 352 g/mol. The second kappa shape index (κ2) is 6.29. The molecule has 1 heterocycles. The van der Waals surface area contributed by atoms with Gasteiger partial charge >= 0.3 is 0 Å². The lowest BCUT2D eigenvalue weighted by Crippen LogP contribution is -2.25. The fourth-order valence-corrected chi connectivity index (χ4v) is 3.53. The molecule has 0 unspecified atom stereocenters. The average Bonchev–Trinajstić information content (AvgIpc) is 3.17. The topological polar surface area (TPSA) is 12.5 Å². The minimum absolute atomic E-state index is 0.735. The lowest BCUT2D eigenvalue weighted by atomic mass is 10.1. The molecule has 2 aromatic rings. The first-order valence-electron chi connectivity index (χ1n) is 6.84. The number of ether oxygens (including phenoxy) is 1. The molecule has 1 fully saturated rings. The molecule has 0 spiro atoms. The largest absolute Gasteiger partial charge is 0.496 e. The maximum Gasteiger partial charge on any atom is 0.123 e. The lowest BCUT2D eigenvalue weighted by Gasteiger charge is -2.23. The van der Waals surface area contributed by atoms with E-state index in [2.05, 4.69) is 43.7 Å². The second-order valence-corrected chi connectivity index (χ2v) is 6.92. The van der Waals surface area contributed by atoms with Gasteiger partial charge in [-0.05, 0) is 53.4 Å². The van der Waals surface area contributed by atoms with Crippen LogP contribution in [-0.2, 0) is 13.1 Å². The van der Waals surface area contributed by atoms with E-state index in [-0.39, 0.29) is 0 Å². The summed E-state index contributed by atoms with van der Waals surface area (Å²) in [4.78, 5) is 2.56. The van der Waals surface area contributed by atoms with Crippen molar-refractivity contribution in [2.45, 2.75) is 32.0 Å². The van der Waals surface area contributed by atoms with E-state index in [9.17, 15) is 0 Å². The highest BCUT2D eigenvalue weighted by Gasteiger charge is 2.29. The van der Waals surface area contributed by atoms with Crippen LogP contribution in [-0.4, -0.2) is 18.1 Å². The zero-order valence-corrected chi connectivity index (χ0v) is 13.9. The number of halogens is 1. The summed E-state index contributed by atoms with van der Waals surface area (Å²) in [7, 11) is 1.74. The molecule has 2 nitrogen and oxygen atoms in total. The molecule has 4 heteroatoms. The van der Waals surface area contributed by atoms with Gasteiger partial charge in [-0.2, -0.15) is 11.3 Å². The molecule has 0 radical (unpaired) electrons. The molecule has 0 aliphatic heterocycles. The van der Waals surface area contributed by atoms with Crippen LogP contribution in [0.3, 0.4) is 0 Å². The molecule has 20 heavy (non-hydrogen) atoms. The standard InChI is InChI=1S/C16H18BrNOS/c1-19-16-5-2-14(17)8-13(16)10-18(15-3-4-15)9-12-6-7-20-11-12/h2,5-8,11,15H,3-4,9-10H2,1H3. The van der Waals surface area contributed by atoms with Gasteiger partial charge in [0.1, 0.15) is 5.75 Å². The minimum atomic E-state index is 0.735. The summed E-state index contributed by atoms with van der Waals surface area (Å²) in [5, 5.41) is 4.40. The summed E-state index contributed by atoms with van der Waals surface area (Å²) >= 11 is 5.33. The second-order valence-electron chi connectivity index (χ2n) is 5.22. The Balaban J connectivity index is 1.77. The number of hydrogen-bond donors (Lipinski definition) is 0. The van der Waals surface area contributed by atoms with Crippen molar-refractivity contribution in [1.82, 2.24) is 4.90 Å². The van der Waals surface area contributed by atoms with Crippen LogP contribution in [0.1, 0.15) is 24.0 Å². The molecule has 106 valence electrons. The van der Waals surface area contributed by atoms with E-state index in [1.165, 1.54) is 24.0 Å². The molecule has 0 bridgehead atoms. The summed E-state index contributed by atoms with van der Waals surface area (Å²) in [6, 6.07) is 9.19. The van der Waals surface area contributed by atoms with Crippen LogP contribution in [0, 0.1) is 0 Å². The molecule has 1 aliphatic rings. The van der Waals surface area contributed by atoms with E-state index in [4.69, 9.17) is 4.74 Å². The molecule has 0 N–H and O–H groups in total. The first-order valence-corrected chi connectivity index (χ1v) is 8.57. The Hall–Kier alpha value is -0.840. The van der Waals surface area contributed by atoms with Crippen LogP contribution >= 0.6 is 27.3 Å². The molecule has 1 aromatic heterocycles. The first-order chi connectivity index (χ1) is 9.76. The normalized spacial score (nSPS) is 14.8. The van der Waals surface area contributed by atoms with Crippen molar-refractivity contribution < 1.29 is 4.74 Å². The van der Waals surface area contributed by atoms with Crippen molar-refractivity contribution >= 4 is 27.3 Å². The van der Waals surface area contributed by atoms with Crippen molar-refractivity contribution in [3.8, 4) is 5.75 Å². The van der Waals surface area contributed by atoms with Crippen LogP contribution in [0.5, 0.6) is 5.75 Å². The van der Waals surface area contributed by atoms with Crippen molar-refractivity contribution in [3.63, 3.8) is 0 Å². The third-order valence-electron chi connectivity index (χ3n) is 3.64. The van der Waals surface area contributed by atoms with E-state index >= 15 is 0 Å². The summed E-state index contributed by atoms with van der Waals surface area (Å²) < 4.78 is 6.60. The smallest absolute Gasteiger partial charge is 0.123 e. The van der Waals surface area contributed by atoms with Gasteiger partial charge in [0.15, 0.2) is 0 Å². The number of benzene rings is 1. The highest BCUT2D eigenvalue weighted by Crippen LogP contribution is 2.32. The minimum Gasteiger partial charge on any atom is -0.496 e. The van der Waals surface area contributed by atoms with Gasteiger partial charge in [-0.3, -0.25) is 4.90 Å². The van der Waals surface area contributed by atoms with E-state index in [0.717, 1.165) is 29.4 Å². The third-order valence-corrected chi connectivity index (χ3v) is 4.87. The number of thiophene rings is 1. The van der Waals surface area contributed by atoms with Crippen molar-refractivity contribution in [2.75, 3.05) is 7.11 Å². The molecule has 0 saturated heterocycles. The van der Waals surface area contributed by atoms with Crippen LogP contribution in [0.15, 0.2) is 39.5 Å². The van der Waals surface area contributed by atoms with Gasteiger partial charge in [-0.25, -0.2) is 0 Å². The van der Waals surface area contributed by atoms with Crippen molar-refractivity contribution in [1.29, 1.82) is 0 Å². The summed E-state index contributed by atoms with van der Waals surface area (Å²) in [5.74, 6) is 0.976. The SMILES string of the molecule is COc1ccc(Br)cc1CN(Cc1ccsc1)C1CC1. The Bertz CT molecular complexity index is 566. The van der Waals surface area contributed by atoms with Gasteiger partial charge in [0.25, 0.3) is 0 Å². The Kier molecular flexibility index (Phi) is 4.44. The summed E-state index contributed by atoms with van der Waals surface area (Å²) in [5.41, 5.74) is 2.67. The van der Waals surface area contributed by atoms with Crippen LogP contribution < -0.4 is 4.74 Å². The molecular weight excluding hydrogens is 334 g/mol. The van der Waals surface area contributed by atoms with E-state index in [0.29, 0.717) is 0 Å². The van der Waals surface area contributed by atoms with Crippen LogP contribution in [0.4, 0.5) is 0 Å². The summed E-state index contributed by atoms with van der Waals surface area (Å²) in [6.07, 6.45) is 2.64. The Morgan fingerprint density at radius 3 is 2.80 bits per heavy atom.